The van der Waals surface area contributed by atoms with Crippen molar-refractivity contribution in [3.05, 3.63) is 113 Å². The van der Waals surface area contributed by atoms with Crippen LogP contribution in [-0.2, 0) is 23.0 Å². The first-order valence-electron chi connectivity index (χ1n) is 11.2. The van der Waals surface area contributed by atoms with E-state index >= 15 is 0 Å². The highest BCUT2D eigenvalue weighted by Gasteiger charge is 2.40. The van der Waals surface area contributed by atoms with Crippen LogP contribution in [0, 0.1) is 0 Å². The SMILES string of the molecule is CNC(C)CC1(COC)C=C(Cc2ccccc2)c2c(Cc3ccccc3)cccc21. The zero-order valence-electron chi connectivity index (χ0n) is 18.9. The summed E-state index contributed by atoms with van der Waals surface area (Å²) in [6, 6.07) is 28.8. The van der Waals surface area contributed by atoms with Crippen molar-refractivity contribution in [3.8, 4) is 0 Å². The molecule has 2 atom stereocenters. The number of benzene rings is 3. The number of allylic oxidation sites excluding steroid dienone is 1. The first kappa shape index (κ1) is 21.5. The second-order valence-electron chi connectivity index (χ2n) is 8.82. The van der Waals surface area contributed by atoms with Crippen LogP contribution in [0.3, 0.4) is 0 Å². The van der Waals surface area contributed by atoms with Crippen molar-refractivity contribution < 1.29 is 4.74 Å². The number of fused-ring (bicyclic) bond motifs is 1. The fourth-order valence-corrected chi connectivity index (χ4v) is 5.05. The van der Waals surface area contributed by atoms with Crippen molar-refractivity contribution in [3.63, 3.8) is 0 Å². The highest BCUT2D eigenvalue weighted by atomic mass is 16.5. The molecule has 0 saturated carbocycles. The lowest BCUT2D eigenvalue weighted by Crippen LogP contribution is -2.36. The van der Waals surface area contributed by atoms with Crippen LogP contribution in [0.4, 0.5) is 0 Å². The van der Waals surface area contributed by atoms with Crippen LogP contribution < -0.4 is 5.32 Å². The molecule has 0 heterocycles. The van der Waals surface area contributed by atoms with Crippen molar-refractivity contribution in [2.45, 2.75) is 37.6 Å². The lowest BCUT2D eigenvalue weighted by Gasteiger charge is -2.31. The topological polar surface area (TPSA) is 21.3 Å². The molecule has 2 heteroatoms. The summed E-state index contributed by atoms with van der Waals surface area (Å²) in [6.07, 6.45) is 5.41. The number of ether oxygens (including phenoxy) is 1. The van der Waals surface area contributed by atoms with E-state index in [1.165, 1.54) is 33.4 Å². The summed E-state index contributed by atoms with van der Waals surface area (Å²) >= 11 is 0. The minimum atomic E-state index is -0.108. The Hall–Kier alpha value is -2.68. The van der Waals surface area contributed by atoms with E-state index in [1.54, 1.807) is 0 Å². The Morgan fingerprint density at radius 2 is 1.48 bits per heavy atom. The summed E-state index contributed by atoms with van der Waals surface area (Å²) in [5.41, 5.74) is 8.26. The first-order valence-corrected chi connectivity index (χ1v) is 11.2. The highest BCUT2D eigenvalue weighted by Crippen LogP contribution is 2.46. The molecule has 2 nitrogen and oxygen atoms in total. The van der Waals surface area contributed by atoms with Crippen LogP contribution in [0.5, 0.6) is 0 Å². The number of hydrogen-bond donors (Lipinski definition) is 1. The van der Waals surface area contributed by atoms with E-state index in [4.69, 9.17) is 4.74 Å². The van der Waals surface area contributed by atoms with Crippen molar-refractivity contribution in [2.24, 2.45) is 0 Å². The Morgan fingerprint density at radius 1 is 0.839 bits per heavy atom. The molecule has 0 aromatic heterocycles. The third-order valence-electron chi connectivity index (χ3n) is 6.50. The predicted molar refractivity (Wildman–Crippen MR) is 131 cm³/mol. The largest absolute Gasteiger partial charge is 0.383 e. The summed E-state index contributed by atoms with van der Waals surface area (Å²) in [7, 11) is 3.86. The zero-order chi connectivity index (χ0) is 21.7. The van der Waals surface area contributed by atoms with Gasteiger partial charge >= 0.3 is 0 Å². The van der Waals surface area contributed by atoms with Gasteiger partial charge in [-0.05, 0) is 66.6 Å². The maximum absolute atomic E-state index is 5.82. The summed E-state index contributed by atoms with van der Waals surface area (Å²) < 4.78 is 5.82. The minimum Gasteiger partial charge on any atom is -0.383 e. The van der Waals surface area contributed by atoms with Crippen molar-refractivity contribution in [2.75, 3.05) is 20.8 Å². The standard InChI is InChI=1S/C29H33NO/c1-22(30-2)19-29(21-31-3)20-26(18-24-13-8-5-9-14-24)28-25(15-10-16-27(28)29)17-23-11-6-4-7-12-23/h4-16,20,22,30H,17-19,21H2,1-3H3. The lowest BCUT2D eigenvalue weighted by molar-refractivity contribution is 0.142. The average molecular weight is 412 g/mol. The maximum atomic E-state index is 5.82. The summed E-state index contributed by atoms with van der Waals surface area (Å²) in [5, 5.41) is 3.44. The minimum absolute atomic E-state index is 0.108. The van der Waals surface area contributed by atoms with Gasteiger partial charge in [0, 0.05) is 18.6 Å². The van der Waals surface area contributed by atoms with Gasteiger partial charge in [-0.25, -0.2) is 0 Å². The molecule has 4 rings (SSSR count). The third-order valence-corrected chi connectivity index (χ3v) is 6.50. The van der Waals surface area contributed by atoms with Crippen LogP contribution in [-0.4, -0.2) is 26.8 Å². The molecule has 3 aromatic carbocycles. The van der Waals surface area contributed by atoms with E-state index in [0.29, 0.717) is 12.6 Å². The Balaban J connectivity index is 1.82. The zero-order valence-corrected chi connectivity index (χ0v) is 18.9. The third kappa shape index (κ3) is 4.66. The molecule has 1 aliphatic rings. The fraction of sp³-hybridized carbons (Fsp3) is 0.310. The molecule has 0 fully saturated rings. The van der Waals surface area contributed by atoms with Crippen molar-refractivity contribution in [1.29, 1.82) is 0 Å². The van der Waals surface area contributed by atoms with E-state index in [9.17, 15) is 0 Å². The number of hydrogen-bond acceptors (Lipinski definition) is 2. The lowest BCUT2D eigenvalue weighted by atomic mass is 9.77. The van der Waals surface area contributed by atoms with E-state index < -0.39 is 0 Å². The molecule has 3 aromatic rings. The van der Waals surface area contributed by atoms with Crippen LogP contribution in [0.2, 0.25) is 0 Å². The molecular formula is C29H33NO. The molecule has 0 amide bonds. The summed E-state index contributed by atoms with van der Waals surface area (Å²) in [4.78, 5) is 0. The molecule has 1 N–H and O–H groups in total. The highest BCUT2D eigenvalue weighted by molar-refractivity contribution is 5.80. The van der Waals surface area contributed by atoms with Crippen molar-refractivity contribution >= 4 is 5.57 Å². The molecule has 0 spiro atoms. The second kappa shape index (κ2) is 9.64. The molecule has 0 radical (unpaired) electrons. The Bertz CT molecular complexity index is 1030. The average Bonchev–Trinajstić information content (AvgIpc) is 3.09. The fourth-order valence-electron chi connectivity index (χ4n) is 5.05. The molecule has 0 aliphatic heterocycles. The quantitative estimate of drug-likeness (QED) is 0.480. The summed E-state index contributed by atoms with van der Waals surface area (Å²) in [5.74, 6) is 0. The Morgan fingerprint density at radius 3 is 2.10 bits per heavy atom. The van der Waals surface area contributed by atoms with Crippen LogP contribution in [0.25, 0.3) is 5.57 Å². The van der Waals surface area contributed by atoms with E-state index in [2.05, 4.69) is 97.2 Å². The second-order valence-corrected chi connectivity index (χ2v) is 8.82. The Kier molecular flexibility index (Phi) is 6.70. The van der Waals surface area contributed by atoms with Gasteiger partial charge in [0.25, 0.3) is 0 Å². The maximum Gasteiger partial charge on any atom is 0.0595 e. The van der Waals surface area contributed by atoms with Crippen molar-refractivity contribution in [1.82, 2.24) is 5.32 Å². The van der Waals surface area contributed by atoms with Gasteiger partial charge < -0.3 is 10.1 Å². The normalized spacial score (nSPS) is 18.5. The number of nitrogens with one attached hydrogen (secondary N) is 1. The van der Waals surface area contributed by atoms with Crippen LogP contribution in [0.15, 0.2) is 84.9 Å². The molecule has 160 valence electrons. The van der Waals surface area contributed by atoms with Gasteiger partial charge in [-0.1, -0.05) is 84.9 Å². The van der Waals surface area contributed by atoms with Crippen LogP contribution in [0.1, 0.15) is 41.2 Å². The first-order chi connectivity index (χ1) is 15.1. The molecule has 0 saturated heterocycles. The smallest absolute Gasteiger partial charge is 0.0595 e. The number of methoxy groups -OCH3 is 1. The molecule has 1 aliphatic carbocycles. The summed E-state index contributed by atoms with van der Waals surface area (Å²) in [6.45, 7) is 2.95. The van der Waals surface area contributed by atoms with Gasteiger partial charge in [-0.2, -0.15) is 0 Å². The van der Waals surface area contributed by atoms with Gasteiger partial charge in [0.05, 0.1) is 6.61 Å². The van der Waals surface area contributed by atoms with E-state index in [1.807, 2.05) is 14.2 Å². The molecule has 2 unspecified atom stereocenters. The molecule has 0 bridgehead atoms. The monoisotopic (exact) mass is 411 g/mol. The van der Waals surface area contributed by atoms with E-state index in [-0.39, 0.29) is 5.41 Å². The van der Waals surface area contributed by atoms with Gasteiger partial charge in [0.15, 0.2) is 0 Å². The van der Waals surface area contributed by atoms with Crippen LogP contribution >= 0.6 is 0 Å². The van der Waals surface area contributed by atoms with Gasteiger partial charge in [-0.3, -0.25) is 0 Å². The predicted octanol–water partition coefficient (Wildman–Crippen LogP) is 5.80. The van der Waals surface area contributed by atoms with Gasteiger partial charge in [0.2, 0.25) is 0 Å². The van der Waals surface area contributed by atoms with Gasteiger partial charge in [0.1, 0.15) is 0 Å². The molecular weight excluding hydrogens is 378 g/mol. The van der Waals surface area contributed by atoms with E-state index in [0.717, 1.165) is 19.3 Å². The number of rotatable bonds is 9. The molecule has 31 heavy (non-hydrogen) atoms. The van der Waals surface area contributed by atoms with Gasteiger partial charge in [-0.15, -0.1) is 0 Å². The Labute approximate surface area is 187 Å².